The normalized spacial score (nSPS) is 15.7. The number of carbonyl (C=O) groups is 1. The molecule has 0 spiro atoms. The minimum Gasteiger partial charge on any atom is -0.480 e. The predicted molar refractivity (Wildman–Crippen MR) is 87.7 cm³/mol. The molecule has 118 valence electrons. The lowest BCUT2D eigenvalue weighted by molar-refractivity contribution is -0.146. The summed E-state index contributed by atoms with van der Waals surface area (Å²) < 4.78 is 0. The maximum atomic E-state index is 12.0. The van der Waals surface area contributed by atoms with Gasteiger partial charge in [0.05, 0.1) is 6.61 Å². The molecule has 4 nitrogen and oxygen atoms in total. The van der Waals surface area contributed by atoms with Crippen molar-refractivity contribution in [1.82, 2.24) is 5.32 Å². The molecule has 21 heavy (non-hydrogen) atoms. The Hall–Kier alpha value is -1.04. The molecule has 0 amide bonds. The number of aliphatic hydroxyl groups is 1. The Kier molecular flexibility index (Phi) is 7.22. The summed E-state index contributed by atoms with van der Waals surface area (Å²) in [6, 6.07) is 9.36. The van der Waals surface area contributed by atoms with Gasteiger partial charge in [0, 0.05) is 11.3 Å². The van der Waals surface area contributed by atoms with Crippen molar-refractivity contribution in [2.45, 2.75) is 44.0 Å². The first kappa shape index (κ1) is 18.0. The second-order valence-corrected chi connectivity index (χ2v) is 7.04. The van der Waals surface area contributed by atoms with Gasteiger partial charge in [0.2, 0.25) is 0 Å². The number of carboxylic acid groups (broad SMARTS) is 1. The summed E-state index contributed by atoms with van der Waals surface area (Å²) >= 11 is 1.59. The Morgan fingerprint density at radius 2 is 1.90 bits per heavy atom. The Labute approximate surface area is 131 Å². The molecular weight excluding hydrogens is 286 g/mol. The molecule has 0 aromatic heterocycles. The molecular formula is C16H25NO3S. The molecule has 2 atom stereocenters. The fraction of sp³-hybridized carbons (Fsp3) is 0.562. The lowest BCUT2D eigenvalue weighted by atomic mass is 9.86. The molecule has 0 bridgehead atoms. The van der Waals surface area contributed by atoms with E-state index in [0.717, 1.165) is 5.56 Å². The smallest absolute Gasteiger partial charge is 0.328 e. The van der Waals surface area contributed by atoms with Gasteiger partial charge in [0.1, 0.15) is 5.54 Å². The van der Waals surface area contributed by atoms with Crippen molar-refractivity contribution in [3.8, 4) is 0 Å². The van der Waals surface area contributed by atoms with Crippen molar-refractivity contribution < 1.29 is 15.0 Å². The zero-order valence-electron chi connectivity index (χ0n) is 12.9. The maximum Gasteiger partial charge on any atom is 0.328 e. The van der Waals surface area contributed by atoms with Crippen LogP contribution in [-0.2, 0) is 10.3 Å². The Morgan fingerprint density at radius 3 is 2.38 bits per heavy atom. The highest BCUT2D eigenvalue weighted by atomic mass is 32.2. The third kappa shape index (κ3) is 5.02. The molecule has 0 aliphatic rings. The molecule has 5 heteroatoms. The van der Waals surface area contributed by atoms with Gasteiger partial charge in [-0.2, -0.15) is 11.8 Å². The summed E-state index contributed by atoms with van der Waals surface area (Å²) in [4.78, 5) is 12.0. The first-order valence-corrected chi connectivity index (χ1v) is 8.26. The molecule has 2 unspecified atom stereocenters. The number of hydrogen-bond donors (Lipinski definition) is 3. The summed E-state index contributed by atoms with van der Waals surface area (Å²) in [6.45, 7) is 5.94. The van der Waals surface area contributed by atoms with Crippen molar-refractivity contribution in [3.05, 3.63) is 35.9 Å². The van der Waals surface area contributed by atoms with Crippen LogP contribution < -0.4 is 5.32 Å². The van der Waals surface area contributed by atoms with Gasteiger partial charge in [-0.15, -0.1) is 0 Å². The number of rotatable bonds is 9. The van der Waals surface area contributed by atoms with Crippen LogP contribution in [0, 0.1) is 0 Å². The van der Waals surface area contributed by atoms with Gasteiger partial charge in [-0.3, -0.25) is 5.32 Å². The van der Waals surface area contributed by atoms with Gasteiger partial charge >= 0.3 is 5.97 Å². The molecule has 0 heterocycles. The zero-order valence-corrected chi connectivity index (χ0v) is 13.7. The van der Waals surface area contributed by atoms with E-state index in [1.165, 1.54) is 0 Å². The molecule has 0 saturated heterocycles. The number of nitrogens with one attached hydrogen (secondary N) is 1. The zero-order chi connectivity index (χ0) is 15.9. The fourth-order valence-electron chi connectivity index (χ4n) is 2.27. The van der Waals surface area contributed by atoms with E-state index in [0.29, 0.717) is 12.2 Å². The predicted octanol–water partition coefficient (Wildman–Crippen LogP) is 2.47. The molecule has 0 saturated carbocycles. The topological polar surface area (TPSA) is 69.6 Å². The Balaban J connectivity index is 2.99. The summed E-state index contributed by atoms with van der Waals surface area (Å²) in [7, 11) is 0. The van der Waals surface area contributed by atoms with Crippen LogP contribution in [0.5, 0.6) is 0 Å². The number of benzene rings is 1. The minimum absolute atomic E-state index is 0.0570. The summed E-state index contributed by atoms with van der Waals surface area (Å²) in [6.07, 6.45) is 0.472. The second-order valence-electron chi connectivity index (χ2n) is 5.49. The average Bonchev–Trinajstić information content (AvgIpc) is 2.46. The average molecular weight is 311 g/mol. The second kappa shape index (κ2) is 8.41. The van der Waals surface area contributed by atoms with E-state index in [2.05, 4.69) is 5.32 Å². The molecule has 0 fully saturated rings. The monoisotopic (exact) mass is 311 g/mol. The van der Waals surface area contributed by atoms with Crippen molar-refractivity contribution in [3.63, 3.8) is 0 Å². The largest absolute Gasteiger partial charge is 0.480 e. The molecule has 1 aromatic carbocycles. The quantitative estimate of drug-likeness (QED) is 0.653. The van der Waals surface area contributed by atoms with E-state index in [1.807, 2.05) is 51.1 Å². The Bertz CT molecular complexity index is 438. The van der Waals surface area contributed by atoms with E-state index >= 15 is 0 Å². The van der Waals surface area contributed by atoms with Crippen LogP contribution in [0.4, 0.5) is 0 Å². The standard InChI is InChI=1S/C16H25NO3S/c1-12(2)17-16(15(19)20,9-10-21-13(3)11-18)14-7-5-4-6-8-14/h4-8,12-13,17-18H,9-11H2,1-3H3,(H,19,20). The van der Waals surface area contributed by atoms with Crippen molar-refractivity contribution in [2.24, 2.45) is 0 Å². The van der Waals surface area contributed by atoms with Crippen LogP contribution in [0.2, 0.25) is 0 Å². The summed E-state index contributed by atoms with van der Waals surface area (Å²) in [5.74, 6) is -0.192. The first-order chi connectivity index (χ1) is 9.92. The van der Waals surface area contributed by atoms with Crippen LogP contribution in [0.25, 0.3) is 0 Å². The maximum absolute atomic E-state index is 12.0. The van der Waals surface area contributed by atoms with Crippen LogP contribution in [-0.4, -0.2) is 39.8 Å². The van der Waals surface area contributed by atoms with Crippen LogP contribution in [0.15, 0.2) is 30.3 Å². The highest BCUT2D eigenvalue weighted by Crippen LogP contribution is 2.29. The van der Waals surface area contributed by atoms with Crippen LogP contribution in [0.3, 0.4) is 0 Å². The third-order valence-corrected chi connectivity index (χ3v) is 4.46. The highest BCUT2D eigenvalue weighted by molar-refractivity contribution is 7.99. The van der Waals surface area contributed by atoms with Crippen LogP contribution >= 0.6 is 11.8 Å². The summed E-state index contributed by atoms with van der Waals surface area (Å²) in [5, 5.41) is 22.3. The molecule has 0 radical (unpaired) electrons. The SMILES string of the molecule is CC(C)NC(CCSC(C)CO)(C(=O)O)c1ccccc1. The van der Waals surface area contributed by atoms with Crippen molar-refractivity contribution in [1.29, 1.82) is 0 Å². The van der Waals surface area contributed by atoms with Gasteiger partial charge < -0.3 is 10.2 Å². The molecule has 0 aliphatic carbocycles. The van der Waals surface area contributed by atoms with Gasteiger partial charge in [0.15, 0.2) is 0 Å². The summed E-state index contributed by atoms with van der Waals surface area (Å²) in [5.41, 5.74) is -0.319. The molecule has 1 aromatic rings. The number of aliphatic hydroxyl groups excluding tert-OH is 1. The number of hydrogen-bond acceptors (Lipinski definition) is 4. The lowest BCUT2D eigenvalue weighted by Crippen LogP contribution is -2.52. The van der Waals surface area contributed by atoms with Gasteiger partial charge in [-0.1, -0.05) is 37.3 Å². The van der Waals surface area contributed by atoms with Crippen molar-refractivity contribution >= 4 is 17.7 Å². The van der Waals surface area contributed by atoms with Gasteiger partial charge in [0.25, 0.3) is 0 Å². The van der Waals surface area contributed by atoms with E-state index in [-0.39, 0.29) is 17.9 Å². The van der Waals surface area contributed by atoms with E-state index in [4.69, 9.17) is 5.11 Å². The number of thioether (sulfide) groups is 1. The van der Waals surface area contributed by atoms with E-state index < -0.39 is 11.5 Å². The van der Waals surface area contributed by atoms with E-state index in [1.54, 1.807) is 11.8 Å². The number of carboxylic acids is 1. The fourth-order valence-corrected chi connectivity index (χ4v) is 3.21. The number of aliphatic carboxylic acids is 1. The molecule has 1 rings (SSSR count). The van der Waals surface area contributed by atoms with E-state index in [9.17, 15) is 9.90 Å². The third-order valence-electron chi connectivity index (χ3n) is 3.30. The molecule has 0 aliphatic heterocycles. The first-order valence-electron chi connectivity index (χ1n) is 7.21. The molecule has 3 N–H and O–H groups in total. The van der Waals surface area contributed by atoms with Gasteiger partial charge in [-0.25, -0.2) is 4.79 Å². The highest BCUT2D eigenvalue weighted by Gasteiger charge is 2.40. The Morgan fingerprint density at radius 1 is 1.29 bits per heavy atom. The minimum atomic E-state index is -1.09. The van der Waals surface area contributed by atoms with Crippen molar-refractivity contribution in [2.75, 3.05) is 12.4 Å². The van der Waals surface area contributed by atoms with Crippen LogP contribution in [0.1, 0.15) is 32.8 Å². The lowest BCUT2D eigenvalue weighted by Gasteiger charge is -2.33. The van der Waals surface area contributed by atoms with Gasteiger partial charge in [-0.05, 0) is 31.6 Å².